The number of alkyl halides is 3. The van der Waals surface area contributed by atoms with Crippen molar-refractivity contribution in [2.24, 2.45) is 0 Å². The summed E-state index contributed by atoms with van der Waals surface area (Å²) >= 11 is 0.931. The maximum Gasteiger partial charge on any atom is 0.410 e. The summed E-state index contributed by atoms with van der Waals surface area (Å²) in [6.07, 6.45) is -4.65. The number of methoxy groups -OCH3 is 1. The maximum atomic E-state index is 13.9. The van der Waals surface area contributed by atoms with Crippen LogP contribution in [-0.4, -0.2) is 40.9 Å². The molecule has 4 nitrogen and oxygen atoms in total. The second-order valence-corrected chi connectivity index (χ2v) is 10.0. The molecule has 1 aromatic carbocycles. The molecule has 0 amide bonds. The molecule has 1 N–H and O–H groups in total. The number of hydrogen-bond acceptors (Lipinski definition) is 5. The molecule has 0 aliphatic rings. The van der Waals surface area contributed by atoms with Crippen molar-refractivity contribution in [3.8, 4) is 5.75 Å². The predicted octanol–water partition coefficient (Wildman–Crippen LogP) is 5.28. The zero-order valence-electron chi connectivity index (χ0n) is 16.7. The highest BCUT2D eigenvalue weighted by molar-refractivity contribution is 8.01. The van der Waals surface area contributed by atoms with Crippen molar-refractivity contribution in [2.75, 3.05) is 12.4 Å². The Hall–Kier alpha value is -1.57. The van der Waals surface area contributed by atoms with Gasteiger partial charge in [-0.15, -0.1) is 11.8 Å². The first-order chi connectivity index (χ1) is 12.1. The van der Waals surface area contributed by atoms with Crippen LogP contribution in [0.5, 0.6) is 5.75 Å². The number of thioether (sulfide) groups is 1. The zero-order valence-corrected chi connectivity index (χ0v) is 17.5. The van der Waals surface area contributed by atoms with Crippen molar-refractivity contribution in [1.29, 1.82) is 0 Å². The Morgan fingerprint density at radius 2 is 1.56 bits per heavy atom. The molecular weight excluding hydrogens is 379 g/mol. The van der Waals surface area contributed by atoms with E-state index in [0.717, 1.165) is 11.8 Å². The van der Waals surface area contributed by atoms with Gasteiger partial charge in [-0.3, -0.25) is 4.79 Å². The molecule has 0 radical (unpaired) electrons. The fourth-order valence-corrected chi connectivity index (χ4v) is 3.45. The van der Waals surface area contributed by atoms with E-state index in [1.807, 2.05) is 0 Å². The van der Waals surface area contributed by atoms with Crippen LogP contribution >= 0.6 is 11.8 Å². The molecule has 2 atom stereocenters. The first-order valence-corrected chi connectivity index (χ1v) is 9.38. The smallest absolute Gasteiger partial charge is 0.410 e. The van der Waals surface area contributed by atoms with E-state index >= 15 is 0 Å². The molecule has 0 bridgehead atoms. The van der Waals surface area contributed by atoms with Gasteiger partial charge in [0, 0.05) is 10.4 Å². The lowest BCUT2D eigenvalue weighted by atomic mass is 10.1. The first kappa shape index (κ1) is 23.5. The lowest BCUT2D eigenvalue weighted by molar-refractivity contribution is -0.167. The number of nitrogens with one attached hydrogen (secondary N) is 1. The van der Waals surface area contributed by atoms with E-state index in [1.165, 1.54) is 19.2 Å². The van der Waals surface area contributed by atoms with Crippen molar-refractivity contribution in [2.45, 2.75) is 69.4 Å². The molecule has 154 valence electrons. The Kier molecular flexibility index (Phi) is 7.50. The van der Waals surface area contributed by atoms with E-state index < -0.39 is 33.8 Å². The van der Waals surface area contributed by atoms with Crippen molar-refractivity contribution in [3.05, 3.63) is 24.3 Å². The standard InChI is InChI=1S/C19H28F3NO3S/c1-17(2,3)26-16(24)14(27-18(4,5)6)15(19(20,21)22)23-12-8-10-13(25-7)11-9-12/h8-11,14-15,23H,1-7H3. The highest BCUT2D eigenvalue weighted by Crippen LogP contribution is 2.38. The van der Waals surface area contributed by atoms with Crippen molar-refractivity contribution in [3.63, 3.8) is 0 Å². The summed E-state index contributed by atoms with van der Waals surface area (Å²) in [6, 6.07) is 3.95. The second-order valence-electron chi connectivity index (χ2n) is 8.08. The average Bonchev–Trinajstić information content (AvgIpc) is 2.47. The topological polar surface area (TPSA) is 47.6 Å². The number of rotatable bonds is 6. The van der Waals surface area contributed by atoms with Crippen LogP contribution in [0.25, 0.3) is 0 Å². The quantitative estimate of drug-likeness (QED) is 0.650. The summed E-state index contributed by atoms with van der Waals surface area (Å²) in [4.78, 5) is 12.6. The van der Waals surface area contributed by atoms with Crippen LogP contribution < -0.4 is 10.1 Å². The van der Waals surface area contributed by atoms with Gasteiger partial charge >= 0.3 is 12.1 Å². The van der Waals surface area contributed by atoms with Gasteiger partial charge in [-0.05, 0) is 45.0 Å². The maximum absolute atomic E-state index is 13.9. The molecule has 8 heteroatoms. The van der Waals surface area contributed by atoms with E-state index in [0.29, 0.717) is 5.75 Å². The van der Waals surface area contributed by atoms with Crippen LogP contribution in [0, 0.1) is 0 Å². The fraction of sp³-hybridized carbons (Fsp3) is 0.632. The first-order valence-electron chi connectivity index (χ1n) is 8.50. The number of benzene rings is 1. The number of carbonyl (C=O) groups excluding carboxylic acids is 1. The van der Waals surface area contributed by atoms with Gasteiger partial charge in [-0.1, -0.05) is 20.8 Å². The molecule has 0 aliphatic carbocycles. The van der Waals surface area contributed by atoms with Crippen molar-refractivity contribution >= 4 is 23.4 Å². The molecule has 0 fully saturated rings. The van der Waals surface area contributed by atoms with Gasteiger partial charge in [0.1, 0.15) is 22.6 Å². The highest BCUT2D eigenvalue weighted by Gasteiger charge is 2.50. The number of carbonyl (C=O) groups is 1. The number of esters is 1. The Labute approximate surface area is 163 Å². The summed E-state index contributed by atoms with van der Waals surface area (Å²) in [7, 11) is 1.47. The predicted molar refractivity (Wildman–Crippen MR) is 103 cm³/mol. The lowest BCUT2D eigenvalue weighted by Gasteiger charge is -2.34. The average molecular weight is 407 g/mol. The largest absolute Gasteiger partial charge is 0.497 e. The van der Waals surface area contributed by atoms with E-state index in [1.54, 1.807) is 53.7 Å². The van der Waals surface area contributed by atoms with E-state index in [4.69, 9.17) is 9.47 Å². The van der Waals surface area contributed by atoms with Crippen LogP contribution in [-0.2, 0) is 9.53 Å². The van der Waals surface area contributed by atoms with Crippen LogP contribution in [0.4, 0.5) is 18.9 Å². The van der Waals surface area contributed by atoms with Gasteiger partial charge < -0.3 is 14.8 Å². The molecule has 0 saturated heterocycles. The monoisotopic (exact) mass is 407 g/mol. The molecule has 1 rings (SSSR count). The number of hydrogen-bond donors (Lipinski definition) is 1. The van der Waals surface area contributed by atoms with Crippen molar-refractivity contribution < 1.29 is 27.4 Å². The number of halogens is 3. The van der Waals surface area contributed by atoms with Crippen LogP contribution in [0.1, 0.15) is 41.5 Å². The summed E-state index contributed by atoms with van der Waals surface area (Å²) < 4.78 is 51.3. The van der Waals surface area contributed by atoms with Crippen molar-refractivity contribution in [1.82, 2.24) is 0 Å². The van der Waals surface area contributed by atoms with Gasteiger partial charge in [-0.2, -0.15) is 13.2 Å². The lowest BCUT2D eigenvalue weighted by Crippen LogP contribution is -2.50. The molecule has 1 aromatic rings. The van der Waals surface area contributed by atoms with Gasteiger partial charge in [0.25, 0.3) is 0 Å². The van der Waals surface area contributed by atoms with Crippen LogP contribution in [0.3, 0.4) is 0 Å². The molecule has 0 heterocycles. The molecular formula is C19H28F3NO3S. The van der Waals surface area contributed by atoms with Gasteiger partial charge in [-0.25, -0.2) is 0 Å². The van der Waals surface area contributed by atoms with Gasteiger partial charge in [0.15, 0.2) is 0 Å². The Bertz CT molecular complexity index is 619. The third-order valence-corrected chi connectivity index (χ3v) is 4.61. The summed E-state index contributed by atoms with van der Waals surface area (Å²) in [5.41, 5.74) is -0.648. The molecule has 2 unspecified atom stereocenters. The van der Waals surface area contributed by atoms with Crippen LogP contribution in [0.15, 0.2) is 24.3 Å². The molecule has 27 heavy (non-hydrogen) atoms. The summed E-state index contributed by atoms with van der Waals surface area (Å²) in [5, 5.41) is 0.991. The molecule has 0 aromatic heterocycles. The molecule has 0 spiro atoms. The highest BCUT2D eigenvalue weighted by atomic mass is 32.2. The van der Waals surface area contributed by atoms with E-state index in [2.05, 4.69) is 5.32 Å². The van der Waals surface area contributed by atoms with E-state index in [9.17, 15) is 18.0 Å². The third kappa shape index (κ3) is 8.32. The third-order valence-electron chi connectivity index (χ3n) is 3.19. The Morgan fingerprint density at radius 3 is 1.93 bits per heavy atom. The minimum absolute atomic E-state index is 0.237. The summed E-state index contributed by atoms with van der Waals surface area (Å²) in [6.45, 7) is 10.2. The molecule has 0 aliphatic heterocycles. The Balaban J connectivity index is 3.22. The Morgan fingerprint density at radius 1 is 1.04 bits per heavy atom. The van der Waals surface area contributed by atoms with E-state index in [-0.39, 0.29) is 5.69 Å². The fourth-order valence-electron chi connectivity index (χ4n) is 2.19. The minimum atomic E-state index is -4.65. The second kappa shape index (κ2) is 8.63. The van der Waals surface area contributed by atoms with Gasteiger partial charge in [0.05, 0.1) is 7.11 Å². The number of anilines is 1. The normalized spacial score (nSPS) is 15.0. The zero-order chi connectivity index (χ0) is 21.0. The van der Waals surface area contributed by atoms with Crippen LogP contribution in [0.2, 0.25) is 0 Å². The van der Waals surface area contributed by atoms with Gasteiger partial charge in [0.2, 0.25) is 0 Å². The summed E-state index contributed by atoms with van der Waals surface area (Å²) in [5.74, 6) is -0.373. The SMILES string of the molecule is COc1ccc(NC(C(SC(C)(C)C)C(=O)OC(C)(C)C)C(F)(F)F)cc1. The number of ether oxygens (including phenoxy) is 2. The minimum Gasteiger partial charge on any atom is -0.497 e. The molecule has 0 saturated carbocycles.